The summed E-state index contributed by atoms with van der Waals surface area (Å²) in [5.74, 6) is -1.00. The molecular formula is C18H23N3O4. The Morgan fingerprint density at radius 1 is 1.28 bits per heavy atom. The molecule has 2 N–H and O–H groups in total. The van der Waals surface area contributed by atoms with Crippen LogP contribution in [0.3, 0.4) is 0 Å². The molecule has 7 heteroatoms. The molecule has 1 amide bonds. The zero-order valence-electron chi connectivity index (χ0n) is 14.7. The number of amides is 1. The van der Waals surface area contributed by atoms with Gasteiger partial charge in [-0.2, -0.15) is 5.10 Å². The van der Waals surface area contributed by atoms with E-state index in [0.29, 0.717) is 17.1 Å². The number of nitrogens with zero attached hydrogens (tertiary/aromatic N) is 2. The summed E-state index contributed by atoms with van der Waals surface area (Å²) in [6.07, 6.45) is 1.89. The molecule has 0 unspecified atom stereocenters. The number of rotatable bonds is 8. The van der Waals surface area contributed by atoms with Crippen LogP contribution in [0.2, 0.25) is 0 Å². The first kappa shape index (κ1) is 18.5. The lowest BCUT2D eigenvalue weighted by Crippen LogP contribution is -2.15. The van der Waals surface area contributed by atoms with E-state index in [1.54, 1.807) is 30.3 Å². The van der Waals surface area contributed by atoms with Crippen molar-refractivity contribution in [3.05, 3.63) is 41.7 Å². The van der Waals surface area contributed by atoms with E-state index in [0.717, 1.165) is 18.5 Å². The van der Waals surface area contributed by atoms with E-state index in [1.165, 1.54) is 0 Å². The molecule has 134 valence electrons. The third kappa shape index (κ3) is 4.82. The molecule has 0 radical (unpaired) electrons. The number of aromatic nitrogens is 2. The lowest BCUT2D eigenvalue weighted by atomic mass is 10.2. The number of anilines is 1. The second kappa shape index (κ2) is 8.32. The Kier molecular flexibility index (Phi) is 6.16. The molecule has 0 spiro atoms. The number of hydrogen-bond acceptors (Lipinski definition) is 4. The number of hydrogen-bond donors (Lipinski definition) is 2. The Hall–Kier alpha value is -2.83. The topological polar surface area (TPSA) is 93.5 Å². The summed E-state index contributed by atoms with van der Waals surface area (Å²) in [7, 11) is 0. The van der Waals surface area contributed by atoms with Crippen molar-refractivity contribution in [3.63, 3.8) is 0 Å². The van der Waals surface area contributed by atoms with Crippen LogP contribution >= 0.6 is 0 Å². The molecule has 0 fully saturated rings. The molecule has 1 heterocycles. The van der Waals surface area contributed by atoms with Crippen LogP contribution in [0, 0.1) is 6.92 Å². The molecule has 2 rings (SSSR count). The summed E-state index contributed by atoms with van der Waals surface area (Å²) in [5.41, 5.74) is 1.81. The fourth-order valence-electron chi connectivity index (χ4n) is 2.61. The van der Waals surface area contributed by atoms with E-state index in [1.807, 2.05) is 11.6 Å². The molecule has 0 aliphatic rings. The lowest BCUT2D eigenvalue weighted by molar-refractivity contribution is -0.139. The van der Waals surface area contributed by atoms with E-state index in [4.69, 9.17) is 9.84 Å². The van der Waals surface area contributed by atoms with Gasteiger partial charge in [-0.3, -0.25) is 9.48 Å². The van der Waals surface area contributed by atoms with Crippen molar-refractivity contribution in [2.75, 3.05) is 11.9 Å². The molecule has 0 saturated heterocycles. The molecule has 0 saturated carbocycles. The van der Waals surface area contributed by atoms with Gasteiger partial charge in [0.25, 0.3) is 5.91 Å². The average molecular weight is 345 g/mol. The van der Waals surface area contributed by atoms with Crippen molar-refractivity contribution in [2.24, 2.45) is 0 Å². The Bertz CT molecular complexity index is 751. The van der Waals surface area contributed by atoms with Crippen molar-refractivity contribution in [2.45, 2.75) is 39.7 Å². The molecular weight excluding hydrogens is 322 g/mol. The predicted molar refractivity (Wildman–Crippen MR) is 94.1 cm³/mol. The highest BCUT2D eigenvalue weighted by Crippen LogP contribution is 2.20. The highest BCUT2D eigenvalue weighted by molar-refractivity contribution is 6.03. The first-order chi connectivity index (χ1) is 11.9. The van der Waals surface area contributed by atoms with E-state index in [-0.39, 0.29) is 11.9 Å². The minimum atomic E-state index is -1.06. The standard InChI is InChI=1S/C18H23N3O4/c1-4-14(5-2)21-12(3)9-16(20-21)18(24)19-13-7-6-8-15(10-13)25-11-17(22)23/h6-10,14H,4-5,11H2,1-3H3,(H,19,24)(H,22,23). The zero-order valence-corrected chi connectivity index (χ0v) is 14.7. The Labute approximate surface area is 146 Å². The lowest BCUT2D eigenvalue weighted by Gasteiger charge is -2.14. The van der Waals surface area contributed by atoms with Crippen LogP contribution in [0.1, 0.15) is 48.9 Å². The number of ether oxygens (including phenoxy) is 1. The Morgan fingerprint density at radius 2 is 2.00 bits per heavy atom. The van der Waals surface area contributed by atoms with Crippen molar-refractivity contribution < 1.29 is 19.4 Å². The molecule has 0 aliphatic heterocycles. The minimum absolute atomic E-state index is 0.272. The van der Waals surface area contributed by atoms with Gasteiger partial charge < -0.3 is 15.2 Å². The number of carbonyl (C=O) groups excluding carboxylic acids is 1. The third-order valence-corrected chi connectivity index (χ3v) is 3.90. The predicted octanol–water partition coefficient (Wildman–Crippen LogP) is 3.27. The molecule has 7 nitrogen and oxygen atoms in total. The summed E-state index contributed by atoms with van der Waals surface area (Å²) in [4.78, 5) is 23.0. The van der Waals surface area contributed by atoms with Crippen molar-refractivity contribution in [3.8, 4) is 5.75 Å². The van der Waals surface area contributed by atoms with Gasteiger partial charge in [-0.25, -0.2) is 4.79 Å². The van der Waals surface area contributed by atoms with E-state index in [2.05, 4.69) is 24.3 Å². The second-order valence-electron chi connectivity index (χ2n) is 5.75. The monoisotopic (exact) mass is 345 g/mol. The fraction of sp³-hybridized carbons (Fsp3) is 0.389. The van der Waals surface area contributed by atoms with Crippen molar-refractivity contribution in [1.29, 1.82) is 0 Å². The fourth-order valence-corrected chi connectivity index (χ4v) is 2.61. The van der Waals surface area contributed by atoms with E-state index >= 15 is 0 Å². The smallest absolute Gasteiger partial charge is 0.341 e. The van der Waals surface area contributed by atoms with Crippen LogP contribution in [-0.4, -0.2) is 33.4 Å². The van der Waals surface area contributed by atoms with Gasteiger partial charge in [0.2, 0.25) is 0 Å². The minimum Gasteiger partial charge on any atom is -0.482 e. The molecule has 2 aromatic rings. The van der Waals surface area contributed by atoms with Gasteiger partial charge in [-0.1, -0.05) is 19.9 Å². The quantitative estimate of drug-likeness (QED) is 0.766. The summed E-state index contributed by atoms with van der Waals surface area (Å²) in [6, 6.07) is 8.63. The number of nitrogens with one attached hydrogen (secondary N) is 1. The number of carboxylic acids is 1. The first-order valence-corrected chi connectivity index (χ1v) is 8.26. The van der Waals surface area contributed by atoms with Crippen molar-refractivity contribution in [1.82, 2.24) is 9.78 Å². The van der Waals surface area contributed by atoms with Crippen LogP contribution in [0.4, 0.5) is 5.69 Å². The van der Waals surface area contributed by atoms with E-state index in [9.17, 15) is 9.59 Å². The summed E-state index contributed by atoms with van der Waals surface area (Å²) in [5, 5.41) is 15.8. The zero-order chi connectivity index (χ0) is 18.4. The number of carbonyl (C=O) groups is 2. The van der Waals surface area contributed by atoms with Gasteiger partial charge in [0.15, 0.2) is 12.3 Å². The van der Waals surface area contributed by atoms with Crippen LogP contribution in [0.25, 0.3) is 0 Å². The van der Waals surface area contributed by atoms with Crippen LogP contribution in [-0.2, 0) is 4.79 Å². The van der Waals surface area contributed by atoms with Gasteiger partial charge in [0.05, 0.1) is 6.04 Å². The highest BCUT2D eigenvalue weighted by atomic mass is 16.5. The first-order valence-electron chi connectivity index (χ1n) is 8.26. The SMILES string of the molecule is CCC(CC)n1nc(C(=O)Nc2cccc(OCC(=O)O)c2)cc1C. The van der Waals surface area contributed by atoms with E-state index < -0.39 is 12.6 Å². The molecule has 25 heavy (non-hydrogen) atoms. The number of carboxylic acid groups (broad SMARTS) is 1. The maximum atomic E-state index is 12.4. The second-order valence-corrected chi connectivity index (χ2v) is 5.75. The number of aliphatic carboxylic acids is 1. The maximum absolute atomic E-state index is 12.4. The largest absolute Gasteiger partial charge is 0.482 e. The maximum Gasteiger partial charge on any atom is 0.341 e. The molecule has 0 atom stereocenters. The summed E-state index contributed by atoms with van der Waals surface area (Å²) < 4.78 is 7.00. The molecule has 1 aromatic heterocycles. The Morgan fingerprint density at radius 3 is 2.64 bits per heavy atom. The molecule has 0 bridgehead atoms. The van der Waals surface area contributed by atoms with Gasteiger partial charge in [-0.15, -0.1) is 0 Å². The Balaban J connectivity index is 2.11. The van der Waals surface area contributed by atoms with Gasteiger partial charge >= 0.3 is 5.97 Å². The molecule has 1 aromatic carbocycles. The van der Waals surface area contributed by atoms with Crippen LogP contribution in [0.5, 0.6) is 5.75 Å². The summed E-state index contributed by atoms with van der Waals surface area (Å²) in [6.45, 7) is 5.69. The van der Waals surface area contributed by atoms with Crippen LogP contribution < -0.4 is 10.1 Å². The third-order valence-electron chi connectivity index (χ3n) is 3.90. The number of aryl methyl sites for hydroxylation is 1. The number of benzene rings is 1. The van der Waals surface area contributed by atoms with Crippen molar-refractivity contribution >= 4 is 17.6 Å². The van der Waals surface area contributed by atoms with Gasteiger partial charge in [-0.05, 0) is 38.0 Å². The highest BCUT2D eigenvalue weighted by Gasteiger charge is 2.16. The average Bonchev–Trinajstić information content (AvgIpc) is 2.97. The summed E-state index contributed by atoms with van der Waals surface area (Å²) >= 11 is 0. The molecule has 0 aliphatic carbocycles. The normalized spacial score (nSPS) is 10.7. The van der Waals surface area contributed by atoms with Gasteiger partial charge in [0, 0.05) is 17.4 Å². The van der Waals surface area contributed by atoms with Crippen LogP contribution in [0.15, 0.2) is 30.3 Å². The van der Waals surface area contributed by atoms with Gasteiger partial charge in [0.1, 0.15) is 5.75 Å².